The maximum atomic E-state index is 12.8. The number of methoxy groups -OCH3 is 1. The summed E-state index contributed by atoms with van der Waals surface area (Å²) >= 11 is 1.35. The minimum absolute atomic E-state index is 0.149. The van der Waals surface area contributed by atoms with E-state index in [9.17, 15) is 4.79 Å². The zero-order chi connectivity index (χ0) is 21.8. The van der Waals surface area contributed by atoms with Gasteiger partial charge in [0, 0.05) is 18.8 Å². The minimum Gasteiger partial charge on any atom is -0.497 e. The Bertz CT molecular complexity index is 1300. The van der Waals surface area contributed by atoms with Crippen molar-refractivity contribution in [2.45, 2.75) is 13.8 Å². The van der Waals surface area contributed by atoms with E-state index in [-0.39, 0.29) is 5.56 Å². The fourth-order valence-corrected chi connectivity index (χ4v) is 4.24. The number of thiazole rings is 1. The first kappa shape index (κ1) is 20.8. The number of anilines is 1. The van der Waals surface area contributed by atoms with Crippen LogP contribution in [0.1, 0.15) is 30.8 Å². The van der Waals surface area contributed by atoms with Gasteiger partial charge in [-0.2, -0.15) is 9.50 Å². The molecule has 7 heteroatoms. The summed E-state index contributed by atoms with van der Waals surface area (Å²) < 4.78 is 7.16. The first-order chi connectivity index (χ1) is 15.1. The zero-order valence-corrected chi connectivity index (χ0v) is 18.6. The smallest absolute Gasteiger partial charge is 0.291 e. The van der Waals surface area contributed by atoms with Crippen LogP contribution in [0.2, 0.25) is 0 Å². The second-order valence-electron chi connectivity index (χ2n) is 6.95. The van der Waals surface area contributed by atoms with Crippen molar-refractivity contribution in [1.82, 2.24) is 14.6 Å². The number of aromatic nitrogens is 3. The highest BCUT2D eigenvalue weighted by molar-refractivity contribution is 7.15. The van der Waals surface area contributed by atoms with Crippen LogP contribution in [-0.2, 0) is 0 Å². The first-order valence-electron chi connectivity index (χ1n) is 10.2. The van der Waals surface area contributed by atoms with Gasteiger partial charge in [-0.1, -0.05) is 41.7 Å². The van der Waals surface area contributed by atoms with Crippen LogP contribution < -0.4 is 19.7 Å². The first-order valence-corrected chi connectivity index (χ1v) is 11.0. The quantitative estimate of drug-likeness (QED) is 0.445. The lowest BCUT2D eigenvalue weighted by Gasteiger charge is -2.20. The molecule has 0 bridgehead atoms. The molecule has 6 nitrogen and oxygen atoms in total. The molecule has 0 aliphatic rings. The third-order valence-corrected chi connectivity index (χ3v) is 6.02. The highest BCUT2D eigenvalue weighted by Crippen LogP contribution is 2.16. The third kappa shape index (κ3) is 4.51. The zero-order valence-electron chi connectivity index (χ0n) is 17.8. The van der Waals surface area contributed by atoms with Crippen LogP contribution in [0.15, 0.2) is 53.3 Å². The summed E-state index contributed by atoms with van der Waals surface area (Å²) in [6.45, 7) is 6.21. The third-order valence-electron chi connectivity index (χ3n) is 5.06. The average molecular weight is 433 g/mol. The van der Waals surface area contributed by atoms with Crippen molar-refractivity contribution in [3.63, 3.8) is 0 Å². The van der Waals surface area contributed by atoms with E-state index in [0.717, 1.165) is 30.0 Å². The molecule has 4 rings (SSSR count). The van der Waals surface area contributed by atoms with Crippen LogP contribution in [0, 0.1) is 0 Å². The fraction of sp³-hybridized carbons (Fsp3) is 0.208. The van der Waals surface area contributed by atoms with Gasteiger partial charge in [0.15, 0.2) is 5.82 Å². The summed E-state index contributed by atoms with van der Waals surface area (Å²) in [5.41, 5.74) is 3.02. The summed E-state index contributed by atoms with van der Waals surface area (Å²) in [5, 5.41) is 4.35. The van der Waals surface area contributed by atoms with Gasteiger partial charge in [0.1, 0.15) is 5.75 Å². The van der Waals surface area contributed by atoms with Gasteiger partial charge in [-0.3, -0.25) is 4.79 Å². The van der Waals surface area contributed by atoms with Gasteiger partial charge in [0.2, 0.25) is 4.96 Å². The molecule has 0 radical (unpaired) electrons. The SMILES string of the molecule is CCN(CC)c1ccc(C=c2sc3nc(C=Cc4ccc(OC)cc4)nn3c2=O)cc1. The number of nitrogens with zero attached hydrogens (tertiary/aromatic N) is 4. The molecule has 0 saturated carbocycles. The summed E-state index contributed by atoms with van der Waals surface area (Å²) in [6.07, 6.45) is 5.60. The highest BCUT2D eigenvalue weighted by atomic mass is 32.1. The standard InChI is InChI=1S/C24H24N4O2S/c1-4-27(5-2)19-11-6-18(7-12-19)16-21-23(29)28-24(31-21)25-22(26-28)15-10-17-8-13-20(30-3)14-9-17/h6-16H,4-5H2,1-3H3. The van der Waals surface area contributed by atoms with Crippen LogP contribution in [0.25, 0.3) is 23.2 Å². The van der Waals surface area contributed by atoms with Crippen LogP contribution in [-0.4, -0.2) is 34.8 Å². The molecule has 0 spiro atoms. The molecular formula is C24H24N4O2S. The van der Waals surface area contributed by atoms with E-state index in [1.807, 2.05) is 48.6 Å². The van der Waals surface area contributed by atoms with Gasteiger partial charge in [-0.05, 0) is 61.4 Å². The maximum absolute atomic E-state index is 12.8. The van der Waals surface area contributed by atoms with Crippen LogP contribution in [0.4, 0.5) is 5.69 Å². The number of ether oxygens (including phenoxy) is 1. The number of hydrogen-bond donors (Lipinski definition) is 0. The molecule has 0 unspecified atom stereocenters. The van der Waals surface area contributed by atoms with Crippen LogP contribution in [0.3, 0.4) is 0 Å². The van der Waals surface area contributed by atoms with E-state index in [4.69, 9.17) is 4.74 Å². The average Bonchev–Trinajstić information content (AvgIpc) is 3.33. The van der Waals surface area contributed by atoms with E-state index < -0.39 is 0 Å². The van der Waals surface area contributed by atoms with E-state index in [2.05, 4.69) is 41.0 Å². The largest absolute Gasteiger partial charge is 0.497 e. The molecule has 0 atom stereocenters. The second-order valence-corrected chi connectivity index (χ2v) is 7.96. The number of fused-ring (bicyclic) bond motifs is 1. The Hall–Kier alpha value is -3.45. The Balaban J connectivity index is 1.57. The molecular weight excluding hydrogens is 408 g/mol. The lowest BCUT2D eigenvalue weighted by molar-refractivity contribution is 0.415. The van der Waals surface area contributed by atoms with Crippen molar-refractivity contribution in [1.29, 1.82) is 0 Å². The fourth-order valence-electron chi connectivity index (χ4n) is 3.33. The van der Waals surface area contributed by atoms with Gasteiger partial charge in [0.25, 0.3) is 5.56 Å². The topological polar surface area (TPSA) is 59.7 Å². The van der Waals surface area contributed by atoms with E-state index in [1.165, 1.54) is 21.5 Å². The van der Waals surface area contributed by atoms with Crippen molar-refractivity contribution in [2.75, 3.05) is 25.1 Å². The van der Waals surface area contributed by atoms with E-state index in [0.29, 0.717) is 15.3 Å². The molecule has 4 aromatic rings. The van der Waals surface area contributed by atoms with E-state index >= 15 is 0 Å². The van der Waals surface area contributed by atoms with Crippen molar-refractivity contribution in [3.05, 3.63) is 80.4 Å². The number of benzene rings is 2. The molecule has 158 valence electrons. The Labute approximate surface area is 184 Å². The maximum Gasteiger partial charge on any atom is 0.291 e. The predicted molar refractivity (Wildman–Crippen MR) is 128 cm³/mol. The Morgan fingerprint density at radius 1 is 1.00 bits per heavy atom. The van der Waals surface area contributed by atoms with Crippen molar-refractivity contribution in [2.24, 2.45) is 0 Å². The van der Waals surface area contributed by atoms with Gasteiger partial charge in [0.05, 0.1) is 11.6 Å². The lowest BCUT2D eigenvalue weighted by atomic mass is 10.2. The number of rotatable bonds is 7. The molecule has 0 fully saturated rings. The minimum atomic E-state index is -0.149. The van der Waals surface area contributed by atoms with E-state index in [1.54, 1.807) is 13.2 Å². The summed E-state index contributed by atoms with van der Waals surface area (Å²) in [7, 11) is 1.64. The van der Waals surface area contributed by atoms with Gasteiger partial charge in [-0.15, -0.1) is 5.10 Å². The van der Waals surface area contributed by atoms with Crippen molar-refractivity contribution >= 4 is 40.2 Å². The van der Waals surface area contributed by atoms with Gasteiger partial charge >= 0.3 is 0 Å². The Morgan fingerprint density at radius 2 is 1.68 bits per heavy atom. The molecule has 2 aromatic carbocycles. The van der Waals surface area contributed by atoms with Crippen molar-refractivity contribution in [3.8, 4) is 5.75 Å². The molecule has 0 aliphatic carbocycles. The summed E-state index contributed by atoms with van der Waals surface area (Å²) in [4.78, 5) is 20.1. The second kappa shape index (κ2) is 9.14. The van der Waals surface area contributed by atoms with Crippen LogP contribution in [0.5, 0.6) is 5.75 Å². The Morgan fingerprint density at radius 3 is 2.29 bits per heavy atom. The van der Waals surface area contributed by atoms with Gasteiger partial charge < -0.3 is 9.64 Å². The predicted octanol–water partition coefficient (Wildman–Crippen LogP) is 3.72. The molecule has 2 aromatic heterocycles. The normalized spacial score (nSPS) is 12.2. The summed E-state index contributed by atoms with van der Waals surface area (Å²) in [6, 6.07) is 15.9. The molecule has 2 heterocycles. The monoisotopic (exact) mass is 432 g/mol. The number of hydrogen-bond acceptors (Lipinski definition) is 6. The molecule has 0 N–H and O–H groups in total. The van der Waals surface area contributed by atoms with Crippen LogP contribution >= 0.6 is 11.3 Å². The lowest BCUT2D eigenvalue weighted by Crippen LogP contribution is -2.23. The highest BCUT2D eigenvalue weighted by Gasteiger charge is 2.09. The molecule has 31 heavy (non-hydrogen) atoms. The molecule has 0 saturated heterocycles. The summed E-state index contributed by atoms with van der Waals surface area (Å²) in [5.74, 6) is 1.31. The molecule has 0 aliphatic heterocycles. The Kier molecular flexibility index (Phi) is 6.13. The van der Waals surface area contributed by atoms with Gasteiger partial charge in [-0.25, -0.2) is 0 Å². The van der Waals surface area contributed by atoms with Crippen molar-refractivity contribution < 1.29 is 4.74 Å². The molecule has 0 amide bonds.